The van der Waals surface area contributed by atoms with Crippen molar-refractivity contribution in [3.8, 4) is 0 Å². The third-order valence-electron chi connectivity index (χ3n) is 3.50. The molecule has 1 atom stereocenters. The Morgan fingerprint density at radius 2 is 2.00 bits per heavy atom. The van der Waals surface area contributed by atoms with Crippen molar-refractivity contribution in [3.63, 3.8) is 0 Å². The lowest BCUT2D eigenvalue weighted by Crippen LogP contribution is -2.43. The molecule has 1 aliphatic rings. The molecule has 118 valence electrons. The number of nitrogens with one attached hydrogen (secondary N) is 1. The predicted octanol–water partition coefficient (Wildman–Crippen LogP) is 2.40. The smallest absolute Gasteiger partial charge is 0.410 e. The molecule has 20 heavy (non-hydrogen) atoms. The Hall–Kier alpha value is -0.810. The summed E-state index contributed by atoms with van der Waals surface area (Å²) in [6.45, 7) is 10.7. The van der Waals surface area contributed by atoms with E-state index < -0.39 is 5.60 Å². The summed E-state index contributed by atoms with van der Waals surface area (Å²) in [5.41, 5.74) is -0.592. The van der Waals surface area contributed by atoms with E-state index in [9.17, 15) is 4.79 Å². The number of hydrogen-bond acceptors (Lipinski definition) is 4. The van der Waals surface area contributed by atoms with Gasteiger partial charge in [-0.2, -0.15) is 0 Å². The standard InChI is InChI=1S/C15H30N2O3/c1-6-19-15(12-16-5)8-7-10-17(11-9-15)13(18)20-14(2,3)4/h16H,6-12H2,1-5H3. The van der Waals surface area contributed by atoms with Gasteiger partial charge in [0.05, 0.1) is 5.60 Å². The second-order valence-corrected chi connectivity index (χ2v) is 6.47. The van der Waals surface area contributed by atoms with Crippen LogP contribution in [0.4, 0.5) is 4.79 Å². The van der Waals surface area contributed by atoms with Crippen LogP contribution in [-0.4, -0.2) is 55.5 Å². The second-order valence-electron chi connectivity index (χ2n) is 6.47. The van der Waals surface area contributed by atoms with E-state index in [1.165, 1.54) is 0 Å². The van der Waals surface area contributed by atoms with Crippen LogP contribution in [-0.2, 0) is 9.47 Å². The molecule has 0 aromatic rings. The van der Waals surface area contributed by atoms with Crippen molar-refractivity contribution in [3.05, 3.63) is 0 Å². The average Bonchev–Trinajstić information content (AvgIpc) is 2.51. The van der Waals surface area contributed by atoms with E-state index in [1.54, 1.807) is 0 Å². The number of likely N-dealkylation sites (N-methyl/N-ethyl adjacent to an activating group) is 1. The summed E-state index contributed by atoms with van der Waals surface area (Å²) in [5.74, 6) is 0. The number of carbonyl (C=O) groups excluding carboxylic acids is 1. The molecule has 1 saturated heterocycles. The maximum absolute atomic E-state index is 12.1. The molecule has 0 radical (unpaired) electrons. The maximum Gasteiger partial charge on any atom is 0.410 e. The van der Waals surface area contributed by atoms with Gasteiger partial charge in [0.2, 0.25) is 0 Å². The molecule has 1 fully saturated rings. The fourth-order valence-corrected chi connectivity index (χ4v) is 2.68. The Kier molecular flexibility index (Phi) is 6.27. The van der Waals surface area contributed by atoms with Crippen LogP contribution >= 0.6 is 0 Å². The van der Waals surface area contributed by atoms with E-state index in [4.69, 9.17) is 9.47 Å². The van der Waals surface area contributed by atoms with Crippen LogP contribution in [0.25, 0.3) is 0 Å². The molecule has 0 aliphatic carbocycles. The van der Waals surface area contributed by atoms with Crippen LogP contribution in [0.1, 0.15) is 47.0 Å². The summed E-state index contributed by atoms with van der Waals surface area (Å²) in [7, 11) is 1.94. The molecule has 0 aromatic heterocycles. The van der Waals surface area contributed by atoms with Crippen molar-refractivity contribution in [2.45, 2.75) is 58.2 Å². The first-order chi connectivity index (χ1) is 9.32. The molecule has 1 unspecified atom stereocenters. The van der Waals surface area contributed by atoms with Crippen molar-refractivity contribution in [2.24, 2.45) is 0 Å². The minimum Gasteiger partial charge on any atom is -0.444 e. The topological polar surface area (TPSA) is 50.8 Å². The molecule has 1 heterocycles. The minimum absolute atomic E-state index is 0.153. The van der Waals surface area contributed by atoms with Gasteiger partial charge in [0.1, 0.15) is 5.60 Å². The van der Waals surface area contributed by atoms with Gasteiger partial charge >= 0.3 is 6.09 Å². The molecule has 1 rings (SSSR count). The van der Waals surface area contributed by atoms with Gasteiger partial charge < -0.3 is 19.7 Å². The number of hydrogen-bond donors (Lipinski definition) is 1. The zero-order valence-corrected chi connectivity index (χ0v) is 13.6. The van der Waals surface area contributed by atoms with E-state index in [1.807, 2.05) is 39.6 Å². The van der Waals surface area contributed by atoms with Crippen molar-refractivity contribution < 1.29 is 14.3 Å². The third-order valence-corrected chi connectivity index (χ3v) is 3.50. The molecule has 1 N–H and O–H groups in total. The van der Waals surface area contributed by atoms with E-state index in [0.29, 0.717) is 13.2 Å². The molecule has 5 heteroatoms. The van der Waals surface area contributed by atoms with Gasteiger partial charge in [-0.15, -0.1) is 0 Å². The van der Waals surface area contributed by atoms with Crippen molar-refractivity contribution in [2.75, 3.05) is 33.3 Å². The van der Waals surface area contributed by atoms with E-state index in [-0.39, 0.29) is 11.7 Å². The van der Waals surface area contributed by atoms with Gasteiger partial charge in [0.25, 0.3) is 0 Å². The lowest BCUT2D eigenvalue weighted by molar-refractivity contribution is -0.0472. The summed E-state index contributed by atoms with van der Waals surface area (Å²) < 4.78 is 11.4. The number of rotatable bonds is 4. The summed E-state index contributed by atoms with van der Waals surface area (Å²) in [5, 5.41) is 3.21. The monoisotopic (exact) mass is 286 g/mol. The van der Waals surface area contributed by atoms with Gasteiger partial charge in [-0.05, 0) is 54.0 Å². The second kappa shape index (κ2) is 7.27. The van der Waals surface area contributed by atoms with E-state index >= 15 is 0 Å². The highest BCUT2D eigenvalue weighted by atomic mass is 16.6. The molecule has 0 bridgehead atoms. The molecule has 1 aliphatic heterocycles. The van der Waals surface area contributed by atoms with Crippen LogP contribution < -0.4 is 5.32 Å². The molecule has 0 aromatic carbocycles. The quantitative estimate of drug-likeness (QED) is 0.862. The first-order valence-corrected chi connectivity index (χ1v) is 7.58. The summed E-state index contributed by atoms with van der Waals surface area (Å²) >= 11 is 0. The molecule has 0 spiro atoms. The van der Waals surface area contributed by atoms with E-state index in [0.717, 1.165) is 32.4 Å². The lowest BCUT2D eigenvalue weighted by atomic mass is 9.94. The van der Waals surface area contributed by atoms with Crippen molar-refractivity contribution >= 4 is 6.09 Å². The summed E-state index contributed by atoms with van der Waals surface area (Å²) in [4.78, 5) is 13.9. The summed E-state index contributed by atoms with van der Waals surface area (Å²) in [6.07, 6.45) is 2.55. The van der Waals surface area contributed by atoms with Crippen molar-refractivity contribution in [1.29, 1.82) is 0 Å². The number of ether oxygens (including phenoxy) is 2. The largest absolute Gasteiger partial charge is 0.444 e. The highest BCUT2D eigenvalue weighted by Crippen LogP contribution is 2.26. The fraction of sp³-hybridized carbons (Fsp3) is 0.933. The Morgan fingerprint density at radius 1 is 1.30 bits per heavy atom. The first kappa shape index (κ1) is 17.2. The van der Waals surface area contributed by atoms with Gasteiger partial charge in [-0.25, -0.2) is 4.79 Å². The summed E-state index contributed by atoms with van der Waals surface area (Å²) in [6, 6.07) is 0. The maximum atomic E-state index is 12.1. The van der Waals surface area contributed by atoms with Crippen LogP contribution in [0.2, 0.25) is 0 Å². The Bertz CT molecular complexity index is 307. The zero-order chi connectivity index (χ0) is 15.2. The normalized spacial score (nSPS) is 24.4. The molecular weight excluding hydrogens is 256 g/mol. The fourth-order valence-electron chi connectivity index (χ4n) is 2.68. The Morgan fingerprint density at radius 3 is 2.55 bits per heavy atom. The first-order valence-electron chi connectivity index (χ1n) is 7.58. The van der Waals surface area contributed by atoms with Crippen LogP contribution in [0.15, 0.2) is 0 Å². The van der Waals surface area contributed by atoms with Gasteiger partial charge in [0, 0.05) is 26.2 Å². The molecule has 5 nitrogen and oxygen atoms in total. The SMILES string of the molecule is CCOC1(CNC)CCCN(C(=O)OC(C)(C)C)CC1. The van der Waals surface area contributed by atoms with Crippen molar-refractivity contribution in [1.82, 2.24) is 10.2 Å². The molecule has 1 amide bonds. The van der Waals surface area contributed by atoms with Crippen LogP contribution in [0.3, 0.4) is 0 Å². The number of amides is 1. The van der Waals surface area contributed by atoms with Gasteiger partial charge in [0.15, 0.2) is 0 Å². The highest BCUT2D eigenvalue weighted by molar-refractivity contribution is 5.68. The van der Waals surface area contributed by atoms with Crippen LogP contribution in [0.5, 0.6) is 0 Å². The number of carbonyl (C=O) groups is 1. The zero-order valence-electron chi connectivity index (χ0n) is 13.6. The number of likely N-dealkylation sites (tertiary alicyclic amines) is 1. The van der Waals surface area contributed by atoms with Gasteiger partial charge in [-0.1, -0.05) is 0 Å². The Labute approximate surface area is 123 Å². The number of nitrogens with zero attached hydrogens (tertiary/aromatic N) is 1. The predicted molar refractivity (Wildman–Crippen MR) is 79.9 cm³/mol. The Balaban J connectivity index is 2.63. The third kappa shape index (κ3) is 5.29. The average molecular weight is 286 g/mol. The van der Waals surface area contributed by atoms with E-state index in [2.05, 4.69) is 5.32 Å². The lowest BCUT2D eigenvalue weighted by Gasteiger charge is -2.32. The minimum atomic E-state index is -0.439. The molecular formula is C15H30N2O3. The molecule has 0 saturated carbocycles. The highest BCUT2D eigenvalue weighted by Gasteiger charge is 2.34. The van der Waals surface area contributed by atoms with Gasteiger partial charge in [-0.3, -0.25) is 0 Å². The van der Waals surface area contributed by atoms with Crippen LogP contribution in [0, 0.1) is 0 Å².